The largest absolute Gasteiger partial charge is 0.494 e. The Hall–Kier alpha value is -2.89. The van der Waals surface area contributed by atoms with E-state index in [-0.39, 0.29) is 30.6 Å². The topological polar surface area (TPSA) is 58.6 Å². The maximum Gasteiger partial charge on any atom is 0.227 e. The zero-order valence-electron chi connectivity index (χ0n) is 14.6. The molecule has 1 fully saturated rings. The summed E-state index contributed by atoms with van der Waals surface area (Å²) in [6, 6.07) is 13.3. The molecule has 0 radical (unpaired) electrons. The molecule has 5 nitrogen and oxygen atoms in total. The summed E-state index contributed by atoms with van der Waals surface area (Å²) in [5, 5.41) is 2.78. The van der Waals surface area contributed by atoms with Crippen LogP contribution in [0.25, 0.3) is 0 Å². The lowest BCUT2D eigenvalue weighted by Crippen LogP contribution is -2.32. The van der Waals surface area contributed by atoms with Crippen LogP contribution in [-0.2, 0) is 16.1 Å². The van der Waals surface area contributed by atoms with E-state index in [1.165, 1.54) is 12.1 Å². The number of halogens is 1. The van der Waals surface area contributed by atoms with Crippen LogP contribution in [0.15, 0.2) is 48.5 Å². The zero-order valence-corrected chi connectivity index (χ0v) is 14.6. The van der Waals surface area contributed by atoms with E-state index in [2.05, 4.69) is 5.32 Å². The smallest absolute Gasteiger partial charge is 0.227 e. The Morgan fingerprint density at radius 1 is 1.27 bits per heavy atom. The molecule has 0 aromatic heterocycles. The number of hydrogen-bond acceptors (Lipinski definition) is 3. The minimum Gasteiger partial charge on any atom is -0.494 e. The molecular formula is C20H21FN2O3. The maximum absolute atomic E-state index is 13.2. The summed E-state index contributed by atoms with van der Waals surface area (Å²) >= 11 is 0. The molecule has 0 aliphatic carbocycles. The Morgan fingerprint density at radius 3 is 2.73 bits per heavy atom. The highest BCUT2D eigenvalue weighted by molar-refractivity contribution is 6.00. The molecule has 0 bridgehead atoms. The maximum atomic E-state index is 13.2. The van der Waals surface area contributed by atoms with Crippen LogP contribution in [0.3, 0.4) is 0 Å². The summed E-state index contributed by atoms with van der Waals surface area (Å²) in [6.45, 7) is 3.06. The summed E-state index contributed by atoms with van der Waals surface area (Å²) in [4.78, 5) is 26.3. The number of anilines is 1. The molecule has 1 saturated heterocycles. The molecule has 2 aromatic rings. The first-order chi connectivity index (χ1) is 12.6. The summed E-state index contributed by atoms with van der Waals surface area (Å²) in [6.07, 6.45) is 0.169. The number of carbonyl (C=O) groups is 2. The van der Waals surface area contributed by atoms with E-state index >= 15 is 0 Å². The average Bonchev–Trinajstić information content (AvgIpc) is 3.03. The van der Waals surface area contributed by atoms with E-state index in [1.807, 2.05) is 31.2 Å². The van der Waals surface area contributed by atoms with Crippen molar-refractivity contribution in [3.8, 4) is 5.75 Å². The Morgan fingerprint density at radius 2 is 2.04 bits per heavy atom. The number of amides is 2. The van der Waals surface area contributed by atoms with Crippen molar-refractivity contribution >= 4 is 17.5 Å². The molecule has 2 amide bonds. The first-order valence-corrected chi connectivity index (χ1v) is 8.62. The van der Waals surface area contributed by atoms with E-state index < -0.39 is 5.92 Å². The molecule has 1 aliphatic rings. The normalized spacial score (nSPS) is 16.6. The van der Waals surface area contributed by atoms with Gasteiger partial charge in [0.25, 0.3) is 0 Å². The Balaban J connectivity index is 1.58. The molecule has 1 atom stereocenters. The second kappa shape index (κ2) is 7.99. The first kappa shape index (κ1) is 17.9. The third-order valence-electron chi connectivity index (χ3n) is 4.31. The minimum absolute atomic E-state index is 0.0833. The molecule has 2 aromatic carbocycles. The molecule has 0 spiro atoms. The Kier molecular flexibility index (Phi) is 5.51. The average molecular weight is 356 g/mol. The highest BCUT2D eigenvalue weighted by atomic mass is 19.1. The van der Waals surface area contributed by atoms with Gasteiger partial charge in [-0.2, -0.15) is 0 Å². The van der Waals surface area contributed by atoms with Gasteiger partial charge in [0.1, 0.15) is 11.6 Å². The quantitative estimate of drug-likeness (QED) is 0.866. The van der Waals surface area contributed by atoms with Crippen LogP contribution in [0, 0.1) is 11.7 Å². The lowest BCUT2D eigenvalue weighted by Gasteiger charge is -2.17. The van der Waals surface area contributed by atoms with Crippen LogP contribution in [-0.4, -0.2) is 25.0 Å². The van der Waals surface area contributed by atoms with Crippen molar-refractivity contribution < 1.29 is 18.7 Å². The Labute approximate surface area is 151 Å². The molecule has 136 valence electrons. The molecule has 6 heteroatoms. The van der Waals surface area contributed by atoms with Crippen molar-refractivity contribution in [1.29, 1.82) is 0 Å². The molecule has 26 heavy (non-hydrogen) atoms. The SMILES string of the molecule is CCOc1ccc(N2C[C@@H](C(=O)NCc3cccc(F)c3)CC2=O)cc1. The lowest BCUT2D eigenvalue weighted by atomic mass is 10.1. The van der Waals surface area contributed by atoms with E-state index in [4.69, 9.17) is 4.74 Å². The fraction of sp³-hybridized carbons (Fsp3) is 0.300. The number of rotatable bonds is 6. The zero-order chi connectivity index (χ0) is 18.5. The summed E-state index contributed by atoms with van der Waals surface area (Å²) in [5.41, 5.74) is 1.44. The number of nitrogens with one attached hydrogen (secondary N) is 1. The van der Waals surface area contributed by atoms with Crippen LogP contribution in [0.2, 0.25) is 0 Å². The monoisotopic (exact) mass is 356 g/mol. The van der Waals surface area contributed by atoms with Crippen LogP contribution in [0.5, 0.6) is 5.75 Å². The summed E-state index contributed by atoms with van der Waals surface area (Å²) in [5.74, 6) is -0.291. The van der Waals surface area contributed by atoms with Gasteiger partial charge in [-0.1, -0.05) is 12.1 Å². The predicted molar refractivity (Wildman–Crippen MR) is 96.3 cm³/mol. The number of carbonyl (C=O) groups excluding carboxylic acids is 2. The molecule has 0 unspecified atom stereocenters. The standard InChI is InChI=1S/C20H21FN2O3/c1-2-26-18-8-6-17(7-9-18)23-13-15(11-19(23)24)20(25)22-12-14-4-3-5-16(21)10-14/h3-10,15H,2,11-13H2,1H3,(H,22,25)/t15-/m0/s1. The van der Waals surface area contributed by atoms with Crippen LogP contribution >= 0.6 is 0 Å². The Bertz CT molecular complexity index is 792. The third-order valence-corrected chi connectivity index (χ3v) is 4.31. The van der Waals surface area contributed by atoms with Gasteiger partial charge in [0.15, 0.2) is 0 Å². The van der Waals surface area contributed by atoms with E-state index in [0.29, 0.717) is 18.7 Å². The second-order valence-electron chi connectivity index (χ2n) is 6.18. The van der Waals surface area contributed by atoms with Crippen molar-refractivity contribution in [2.75, 3.05) is 18.1 Å². The first-order valence-electron chi connectivity index (χ1n) is 8.62. The fourth-order valence-electron chi connectivity index (χ4n) is 3.00. The molecule has 1 aliphatic heterocycles. The van der Waals surface area contributed by atoms with Crippen LogP contribution in [0.1, 0.15) is 18.9 Å². The fourth-order valence-corrected chi connectivity index (χ4v) is 3.00. The van der Waals surface area contributed by atoms with Crippen molar-refractivity contribution in [1.82, 2.24) is 5.32 Å². The predicted octanol–water partition coefficient (Wildman–Crippen LogP) is 2.89. The van der Waals surface area contributed by atoms with Gasteiger partial charge in [-0.3, -0.25) is 9.59 Å². The van der Waals surface area contributed by atoms with Gasteiger partial charge in [0.05, 0.1) is 12.5 Å². The van der Waals surface area contributed by atoms with Gasteiger partial charge in [-0.25, -0.2) is 4.39 Å². The summed E-state index contributed by atoms with van der Waals surface area (Å²) < 4.78 is 18.6. The van der Waals surface area contributed by atoms with Gasteiger partial charge in [0.2, 0.25) is 11.8 Å². The van der Waals surface area contributed by atoms with Crippen molar-refractivity contribution in [3.63, 3.8) is 0 Å². The van der Waals surface area contributed by atoms with Gasteiger partial charge in [0, 0.05) is 25.2 Å². The van der Waals surface area contributed by atoms with Crippen molar-refractivity contribution in [3.05, 3.63) is 59.9 Å². The number of nitrogens with zero attached hydrogens (tertiary/aromatic N) is 1. The molecule has 0 saturated carbocycles. The third kappa shape index (κ3) is 4.20. The molecule has 1 heterocycles. The van der Waals surface area contributed by atoms with Gasteiger partial charge >= 0.3 is 0 Å². The van der Waals surface area contributed by atoms with E-state index in [0.717, 1.165) is 11.4 Å². The lowest BCUT2D eigenvalue weighted by molar-refractivity contribution is -0.126. The molecule has 3 rings (SSSR count). The van der Waals surface area contributed by atoms with Gasteiger partial charge < -0.3 is 15.0 Å². The molecular weight excluding hydrogens is 335 g/mol. The highest BCUT2D eigenvalue weighted by Crippen LogP contribution is 2.27. The highest BCUT2D eigenvalue weighted by Gasteiger charge is 2.34. The number of hydrogen-bond donors (Lipinski definition) is 1. The van der Waals surface area contributed by atoms with Crippen LogP contribution in [0.4, 0.5) is 10.1 Å². The van der Waals surface area contributed by atoms with Crippen molar-refractivity contribution in [2.45, 2.75) is 19.9 Å². The summed E-state index contributed by atoms with van der Waals surface area (Å²) in [7, 11) is 0. The molecule has 1 N–H and O–H groups in total. The van der Waals surface area contributed by atoms with E-state index in [1.54, 1.807) is 17.0 Å². The van der Waals surface area contributed by atoms with Crippen molar-refractivity contribution in [2.24, 2.45) is 5.92 Å². The van der Waals surface area contributed by atoms with Gasteiger partial charge in [-0.05, 0) is 48.9 Å². The van der Waals surface area contributed by atoms with E-state index in [9.17, 15) is 14.0 Å². The number of ether oxygens (including phenoxy) is 1. The second-order valence-corrected chi connectivity index (χ2v) is 6.18. The number of benzene rings is 2. The van der Waals surface area contributed by atoms with Crippen LogP contribution < -0.4 is 15.0 Å². The minimum atomic E-state index is -0.414. The van der Waals surface area contributed by atoms with Gasteiger partial charge in [-0.15, -0.1) is 0 Å².